The lowest BCUT2D eigenvalue weighted by Gasteiger charge is -2.17. The molecule has 22 heavy (non-hydrogen) atoms. The van der Waals surface area contributed by atoms with Gasteiger partial charge in [0.2, 0.25) is 5.91 Å². The summed E-state index contributed by atoms with van der Waals surface area (Å²) in [5.74, 6) is -0.870. The number of amides is 2. The molecule has 0 unspecified atom stereocenters. The summed E-state index contributed by atoms with van der Waals surface area (Å²) in [7, 11) is 0. The molecule has 0 saturated carbocycles. The first-order valence-corrected chi connectivity index (χ1v) is 7.67. The van der Waals surface area contributed by atoms with Crippen LogP contribution in [0.4, 0.5) is 0 Å². The summed E-state index contributed by atoms with van der Waals surface area (Å²) in [6.45, 7) is 1.96. The minimum absolute atomic E-state index is 0.321. The van der Waals surface area contributed by atoms with Crippen LogP contribution in [0.5, 0.6) is 0 Å². The van der Waals surface area contributed by atoms with E-state index in [4.69, 9.17) is 5.73 Å². The maximum Gasteiger partial charge on any atom is 0.251 e. The summed E-state index contributed by atoms with van der Waals surface area (Å²) in [6, 6.07) is 13.9. The minimum atomic E-state index is -0.743. The molecule has 2 aromatic carbocycles. The number of hydrogen-bond acceptors (Lipinski definition) is 2. The highest BCUT2D eigenvalue weighted by Crippen LogP contribution is 2.13. The van der Waals surface area contributed by atoms with Crippen LogP contribution in [0.3, 0.4) is 0 Å². The standard InChI is InChI=1S/C17H17BrN2O2/c1-11-5-2-3-6-12(11)10-15(16(19)21)20-17(22)13-7-4-8-14(18)9-13/h2-9,15H,10H2,1H3,(H2,19,21)(H,20,22)/t15-/m0/s1. The average Bonchev–Trinajstić information content (AvgIpc) is 2.48. The average molecular weight is 361 g/mol. The molecule has 1 atom stereocenters. The van der Waals surface area contributed by atoms with E-state index in [0.29, 0.717) is 12.0 Å². The van der Waals surface area contributed by atoms with Crippen LogP contribution in [0.15, 0.2) is 53.0 Å². The molecule has 4 nitrogen and oxygen atoms in total. The Hall–Kier alpha value is -2.14. The fourth-order valence-electron chi connectivity index (χ4n) is 2.15. The molecule has 0 aliphatic heterocycles. The number of aryl methyl sites for hydroxylation is 1. The second kappa shape index (κ2) is 7.22. The van der Waals surface area contributed by atoms with Gasteiger partial charge in [0.1, 0.15) is 6.04 Å². The number of nitrogens with one attached hydrogen (secondary N) is 1. The zero-order valence-corrected chi connectivity index (χ0v) is 13.8. The van der Waals surface area contributed by atoms with Crippen molar-refractivity contribution in [3.63, 3.8) is 0 Å². The Balaban J connectivity index is 2.14. The summed E-state index contributed by atoms with van der Waals surface area (Å²) in [5, 5.41) is 2.70. The molecule has 0 spiro atoms. The first-order valence-electron chi connectivity index (χ1n) is 6.87. The number of carbonyl (C=O) groups is 2. The van der Waals surface area contributed by atoms with Crippen LogP contribution in [0.25, 0.3) is 0 Å². The number of nitrogens with two attached hydrogens (primary N) is 1. The van der Waals surface area contributed by atoms with E-state index in [1.165, 1.54) is 0 Å². The molecule has 0 saturated heterocycles. The van der Waals surface area contributed by atoms with Gasteiger partial charge in [-0.2, -0.15) is 0 Å². The Labute approximate surface area is 137 Å². The van der Waals surface area contributed by atoms with Crippen molar-refractivity contribution in [3.8, 4) is 0 Å². The second-order valence-electron chi connectivity index (χ2n) is 5.07. The van der Waals surface area contributed by atoms with E-state index < -0.39 is 11.9 Å². The minimum Gasteiger partial charge on any atom is -0.368 e. The highest BCUT2D eigenvalue weighted by molar-refractivity contribution is 9.10. The molecule has 0 radical (unpaired) electrons. The predicted octanol–water partition coefficient (Wildman–Crippen LogP) is 2.58. The van der Waals surface area contributed by atoms with Gasteiger partial charge in [-0.25, -0.2) is 0 Å². The van der Waals surface area contributed by atoms with Gasteiger partial charge < -0.3 is 11.1 Å². The van der Waals surface area contributed by atoms with Crippen molar-refractivity contribution >= 4 is 27.7 Å². The normalized spacial score (nSPS) is 11.7. The number of rotatable bonds is 5. The molecule has 2 aromatic rings. The van der Waals surface area contributed by atoms with Crippen molar-refractivity contribution < 1.29 is 9.59 Å². The first-order chi connectivity index (χ1) is 10.5. The molecule has 2 rings (SSSR count). The maximum atomic E-state index is 12.2. The fraction of sp³-hybridized carbons (Fsp3) is 0.176. The monoisotopic (exact) mass is 360 g/mol. The van der Waals surface area contributed by atoms with Crippen molar-refractivity contribution in [2.45, 2.75) is 19.4 Å². The van der Waals surface area contributed by atoms with E-state index in [0.717, 1.165) is 15.6 Å². The number of carbonyl (C=O) groups excluding carboxylic acids is 2. The Morgan fingerprint density at radius 1 is 1.18 bits per heavy atom. The summed E-state index contributed by atoms with van der Waals surface area (Å²) in [4.78, 5) is 23.9. The van der Waals surface area contributed by atoms with E-state index >= 15 is 0 Å². The third kappa shape index (κ3) is 4.18. The molecule has 0 aliphatic rings. The fourth-order valence-corrected chi connectivity index (χ4v) is 2.55. The molecular weight excluding hydrogens is 344 g/mol. The molecule has 5 heteroatoms. The maximum absolute atomic E-state index is 12.2. The topological polar surface area (TPSA) is 72.2 Å². The lowest BCUT2D eigenvalue weighted by molar-refractivity contribution is -0.119. The van der Waals surface area contributed by atoms with Crippen LogP contribution < -0.4 is 11.1 Å². The van der Waals surface area contributed by atoms with Crippen LogP contribution in [-0.4, -0.2) is 17.9 Å². The number of halogens is 1. The van der Waals surface area contributed by atoms with Gasteiger partial charge in [-0.1, -0.05) is 46.3 Å². The van der Waals surface area contributed by atoms with Crippen LogP contribution in [-0.2, 0) is 11.2 Å². The van der Waals surface area contributed by atoms with Crippen LogP contribution in [0.1, 0.15) is 21.5 Å². The van der Waals surface area contributed by atoms with Gasteiger partial charge in [0, 0.05) is 16.5 Å². The molecule has 0 fully saturated rings. The van der Waals surface area contributed by atoms with Gasteiger partial charge in [0.15, 0.2) is 0 Å². The van der Waals surface area contributed by atoms with Gasteiger partial charge in [-0.05, 0) is 36.2 Å². The van der Waals surface area contributed by atoms with E-state index in [1.807, 2.05) is 37.3 Å². The summed E-state index contributed by atoms with van der Waals surface area (Å²) >= 11 is 3.32. The van der Waals surface area contributed by atoms with E-state index in [-0.39, 0.29) is 5.91 Å². The lowest BCUT2D eigenvalue weighted by Crippen LogP contribution is -2.46. The van der Waals surface area contributed by atoms with Crippen molar-refractivity contribution in [3.05, 3.63) is 69.7 Å². The smallest absolute Gasteiger partial charge is 0.251 e. The molecular formula is C17H17BrN2O2. The van der Waals surface area contributed by atoms with E-state index in [1.54, 1.807) is 18.2 Å². The van der Waals surface area contributed by atoms with Crippen LogP contribution in [0.2, 0.25) is 0 Å². The first kappa shape index (κ1) is 16.2. The lowest BCUT2D eigenvalue weighted by atomic mass is 10.0. The van der Waals surface area contributed by atoms with Gasteiger partial charge in [0.25, 0.3) is 5.91 Å². The summed E-state index contributed by atoms with van der Waals surface area (Å²) < 4.78 is 0.801. The molecule has 2 amide bonds. The third-order valence-electron chi connectivity index (χ3n) is 3.42. The van der Waals surface area contributed by atoms with Crippen molar-refractivity contribution in [1.82, 2.24) is 5.32 Å². The van der Waals surface area contributed by atoms with Gasteiger partial charge in [-0.15, -0.1) is 0 Å². The number of hydrogen-bond donors (Lipinski definition) is 2. The Morgan fingerprint density at radius 2 is 1.91 bits per heavy atom. The summed E-state index contributed by atoms with van der Waals surface area (Å²) in [6.07, 6.45) is 0.377. The molecule has 114 valence electrons. The molecule has 0 heterocycles. The third-order valence-corrected chi connectivity index (χ3v) is 3.91. The Morgan fingerprint density at radius 3 is 2.55 bits per heavy atom. The number of primary amides is 1. The summed E-state index contributed by atoms with van der Waals surface area (Å²) in [5.41, 5.74) is 7.95. The highest BCUT2D eigenvalue weighted by atomic mass is 79.9. The Bertz CT molecular complexity index is 701. The van der Waals surface area contributed by atoms with Gasteiger partial charge in [-0.3, -0.25) is 9.59 Å². The van der Waals surface area contributed by atoms with Crippen molar-refractivity contribution in [1.29, 1.82) is 0 Å². The molecule has 0 bridgehead atoms. The van der Waals surface area contributed by atoms with Gasteiger partial charge in [0.05, 0.1) is 0 Å². The van der Waals surface area contributed by atoms with Crippen molar-refractivity contribution in [2.75, 3.05) is 0 Å². The molecule has 0 aromatic heterocycles. The van der Waals surface area contributed by atoms with Crippen LogP contribution in [0, 0.1) is 6.92 Å². The SMILES string of the molecule is Cc1ccccc1C[C@H](NC(=O)c1cccc(Br)c1)C(N)=O. The van der Waals surface area contributed by atoms with E-state index in [9.17, 15) is 9.59 Å². The highest BCUT2D eigenvalue weighted by Gasteiger charge is 2.20. The van der Waals surface area contributed by atoms with Gasteiger partial charge >= 0.3 is 0 Å². The molecule has 0 aliphatic carbocycles. The predicted molar refractivity (Wildman–Crippen MR) is 89.5 cm³/mol. The zero-order chi connectivity index (χ0) is 16.1. The Kier molecular flexibility index (Phi) is 5.33. The van der Waals surface area contributed by atoms with Crippen LogP contribution >= 0.6 is 15.9 Å². The number of benzene rings is 2. The largest absolute Gasteiger partial charge is 0.368 e. The second-order valence-corrected chi connectivity index (χ2v) is 5.99. The molecule has 3 N–H and O–H groups in total. The van der Waals surface area contributed by atoms with E-state index in [2.05, 4.69) is 21.2 Å². The van der Waals surface area contributed by atoms with Crippen molar-refractivity contribution in [2.24, 2.45) is 5.73 Å². The quantitative estimate of drug-likeness (QED) is 0.859. The zero-order valence-electron chi connectivity index (χ0n) is 12.2.